The van der Waals surface area contributed by atoms with Gasteiger partial charge in [-0.25, -0.2) is 0 Å². The molecule has 2 rings (SSSR count). The van der Waals surface area contributed by atoms with Gasteiger partial charge in [-0.05, 0) is 36.2 Å². The van der Waals surface area contributed by atoms with Crippen LogP contribution in [0.2, 0.25) is 5.02 Å². The summed E-state index contributed by atoms with van der Waals surface area (Å²) in [5.74, 6) is -0.354. The fraction of sp³-hybridized carbons (Fsp3) is 0.250. The predicted molar refractivity (Wildman–Crippen MR) is 102 cm³/mol. The number of hydrogen-bond acceptors (Lipinski definition) is 3. The normalized spacial score (nSPS) is 10.0. The quantitative estimate of drug-likeness (QED) is 0.813. The Balaban J connectivity index is 1.88. The molecule has 0 saturated heterocycles. The number of halogens is 1. The maximum absolute atomic E-state index is 12.1. The van der Waals surface area contributed by atoms with Gasteiger partial charge in [0.05, 0.1) is 11.3 Å². The third-order valence-electron chi connectivity index (χ3n) is 3.88. The molecule has 0 aliphatic carbocycles. The fourth-order valence-corrected chi connectivity index (χ4v) is 2.80. The summed E-state index contributed by atoms with van der Waals surface area (Å²) in [6.45, 7) is 2.14. The van der Waals surface area contributed by atoms with Crippen molar-refractivity contribution in [2.45, 2.75) is 19.8 Å². The van der Waals surface area contributed by atoms with Gasteiger partial charge >= 0.3 is 0 Å². The highest BCUT2D eigenvalue weighted by Crippen LogP contribution is 2.20. The number of benzene rings is 2. The molecule has 0 aromatic heterocycles. The van der Waals surface area contributed by atoms with E-state index in [4.69, 9.17) is 11.6 Å². The molecule has 0 aliphatic heterocycles. The standard InChI is InChI=1S/C20H20ClN3O2/c1-15(25)24(19-8-3-2-6-17(19)14-22)12-10-20(26)23-11-9-16-5-4-7-18(21)13-16/h2-8,13H,9-12H2,1H3,(H,23,26). The van der Waals surface area contributed by atoms with Gasteiger partial charge < -0.3 is 10.2 Å². The van der Waals surface area contributed by atoms with Gasteiger partial charge in [0, 0.05) is 31.5 Å². The number of nitriles is 1. The van der Waals surface area contributed by atoms with Crippen molar-refractivity contribution < 1.29 is 9.59 Å². The molecule has 2 amide bonds. The van der Waals surface area contributed by atoms with E-state index in [1.54, 1.807) is 30.3 Å². The number of amides is 2. The Morgan fingerprint density at radius 3 is 2.65 bits per heavy atom. The molecular weight excluding hydrogens is 350 g/mol. The second-order valence-electron chi connectivity index (χ2n) is 5.78. The first-order chi connectivity index (χ1) is 12.5. The summed E-state index contributed by atoms with van der Waals surface area (Å²) in [5.41, 5.74) is 1.98. The van der Waals surface area contributed by atoms with E-state index in [-0.39, 0.29) is 24.8 Å². The minimum Gasteiger partial charge on any atom is -0.356 e. The third kappa shape index (κ3) is 5.61. The largest absolute Gasteiger partial charge is 0.356 e. The lowest BCUT2D eigenvalue weighted by atomic mass is 10.1. The highest BCUT2D eigenvalue weighted by Gasteiger charge is 2.16. The fourth-order valence-electron chi connectivity index (χ4n) is 2.59. The Morgan fingerprint density at radius 1 is 1.19 bits per heavy atom. The van der Waals surface area contributed by atoms with Crippen LogP contribution < -0.4 is 10.2 Å². The summed E-state index contributed by atoms with van der Waals surface area (Å²) in [7, 11) is 0. The van der Waals surface area contributed by atoms with Gasteiger partial charge in [-0.15, -0.1) is 0 Å². The average Bonchev–Trinajstić information content (AvgIpc) is 2.62. The zero-order chi connectivity index (χ0) is 18.9. The van der Waals surface area contributed by atoms with Crippen LogP contribution in [0.1, 0.15) is 24.5 Å². The predicted octanol–water partition coefficient (Wildman–Crippen LogP) is 3.31. The van der Waals surface area contributed by atoms with Crippen molar-refractivity contribution in [1.29, 1.82) is 5.26 Å². The number of carbonyl (C=O) groups excluding carboxylic acids is 2. The number of carbonyl (C=O) groups is 2. The van der Waals surface area contributed by atoms with Gasteiger partial charge in [0.15, 0.2) is 0 Å². The molecule has 0 atom stereocenters. The second-order valence-corrected chi connectivity index (χ2v) is 6.22. The molecule has 2 aromatic carbocycles. The van der Waals surface area contributed by atoms with Crippen LogP contribution in [-0.4, -0.2) is 24.9 Å². The van der Waals surface area contributed by atoms with Crippen molar-refractivity contribution in [1.82, 2.24) is 5.32 Å². The lowest BCUT2D eigenvalue weighted by molar-refractivity contribution is -0.121. The van der Waals surface area contributed by atoms with Gasteiger partial charge in [-0.3, -0.25) is 9.59 Å². The maximum atomic E-state index is 12.1. The maximum Gasteiger partial charge on any atom is 0.223 e. The summed E-state index contributed by atoms with van der Waals surface area (Å²) in [6.07, 6.45) is 0.842. The molecule has 0 unspecified atom stereocenters. The smallest absolute Gasteiger partial charge is 0.223 e. The number of para-hydroxylation sites is 1. The average molecular weight is 370 g/mol. The van der Waals surface area contributed by atoms with Crippen LogP contribution in [0.25, 0.3) is 0 Å². The lowest BCUT2D eigenvalue weighted by Gasteiger charge is -2.22. The monoisotopic (exact) mass is 369 g/mol. The number of nitrogens with one attached hydrogen (secondary N) is 1. The van der Waals surface area contributed by atoms with Crippen LogP contribution >= 0.6 is 11.6 Å². The van der Waals surface area contributed by atoms with E-state index in [0.29, 0.717) is 29.2 Å². The summed E-state index contributed by atoms with van der Waals surface area (Å²) in [5, 5.41) is 12.7. The van der Waals surface area contributed by atoms with Gasteiger partial charge in [0.1, 0.15) is 6.07 Å². The third-order valence-corrected chi connectivity index (χ3v) is 4.12. The van der Waals surface area contributed by atoms with Crippen molar-refractivity contribution in [3.63, 3.8) is 0 Å². The van der Waals surface area contributed by atoms with Crippen LogP contribution in [0.5, 0.6) is 0 Å². The summed E-state index contributed by atoms with van der Waals surface area (Å²) >= 11 is 5.94. The molecule has 26 heavy (non-hydrogen) atoms. The highest BCUT2D eigenvalue weighted by molar-refractivity contribution is 6.30. The minimum atomic E-state index is -0.209. The molecule has 0 radical (unpaired) electrons. The van der Waals surface area contributed by atoms with Gasteiger partial charge in [0.25, 0.3) is 0 Å². The topological polar surface area (TPSA) is 73.2 Å². The molecule has 2 aromatic rings. The van der Waals surface area contributed by atoms with E-state index in [1.165, 1.54) is 11.8 Å². The Morgan fingerprint density at radius 2 is 1.96 bits per heavy atom. The van der Waals surface area contributed by atoms with Gasteiger partial charge in [-0.2, -0.15) is 5.26 Å². The van der Waals surface area contributed by atoms with E-state index in [1.807, 2.05) is 18.2 Å². The van der Waals surface area contributed by atoms with E-state index in [0.717, 1.165) is 5.56 Å². The van der Waals surface area contributed by atoms with Crippen molar-refractivity contribution >= 4 is 29.1 Å². The first kappa shape index (κ1) is 19.5. The molecule has 0 saturated carbocycles. The molecule has 5 nitrogen and oxygen atoms in total. The lowest BCUT2D eigenvalue weighted by Crippen LogP contribution is -2.34. The second kappa shape index (κ2) is 9.59. The Hall–Kier alpha value is -2.84. The summed E-state index contributed by atoms with van der Waals surface area (Å²) in [4.78, 5) is 25.5. The van der Waals surface area contributed by atoms with Crippen LogP contribution in [0.15, 0.2) is 48.5 Å². The molecule has 134 valence electrons. The van der Waals surface area contributed by atoms with Gasteiger partial charge in [-0.1, -0.05) is 35.9 Å². The van der Waals surface area contributed by atoms with Crippen LogP contribution in [-0.2, 0) is 16.0 Å². The van der Waals surface area contributed by atoms with Crippen molar-refractivity contribution in [3.8, 4) is 6.07 Å². The number of anilines is 1. The first-order valence-electron chi connectivity index (χ1n) is 8.29. The zero-order valence-electron chi connectivity index (χ0n) is 14.5. The molecule has 0 heterocycles. The minimum absolute atomic E-state index is 0.146. The molecule has 0 bridgehead atoms. The van der Waals surface area contributed by atoms with Crippen molar-refractivity contribution in [2.24, 2.45) is 0 Å². The Bertz CT molecular complexity index is 830. The Kier molecular flexibility index (Phi) is 7.19. The first-order valence-corrected chi connectivity index (χ1v) is 8.67. The van der Waals surface area contributed by atoms with E-state index >= 15 is 0 Å². The molecule has 6 heteroatoms. The molecule has 0 aliphatic rings. The summed E-state index contributed by atoms with van der Waals surface area (Å²) < 4.78 is 0. The van der Waals surface area contributed by atoms with Crippen LogP contribution in [0.3, 0.4) is 0 Å². The SMILES string of the molecule is CC(=O)N(CCC(=O)NCCc1cccc(Cl)c1)c1ccccc1C#N. The number of nitrogens with zero attached hydrogens (tertiary/aromatic N) is 2. The number of rotatable bonds is 7. The zero-order valence-corrected chi connectivity index (χ0v) is 15.3. The highest BCUT2D eigenvalue weighted by atomic mass is 35.5. The van der Waals surface area contributed by atoms with Gasteiger partial charge in [0.2, 0.25) is 11.8 Å². The van der Waals surface area contributed by atoms with E-state index in [2.05, 4.69) is 11.4 Å². The number of hydrogen-bond donors (Lipinski definition) is 1. The van der Waals surface area contributed by atoms with Crippen LogP contribution in [0, 0.1) is 11.3 Å². The summed E-state index contributed by atoms with van der Waals surface area (Å²) in [6, 6.07) is 16.4. The van der Waals surface area contributed by atoms with Crippen molar-refractivity contribution in [3.05, 3.63) is 64.7 Å². The van der Waals surface area contributed by atoms with E-state index < -0.39 is 0 Å². The molecule has 1 N–H and O–H groups in total. The molecular formula is C20H20ClN3O2. The van der Waals surface area contributed by atoms with Crippen molar-refractivity contribution in [2.75, 3.05) is 18.0 Å². The van der Waals surface area contributed by atoms with Crippen LogP contribution in [0.4, 0.5) is 5.69 Å². The Labute approximate surface area is 158 Å². The van der Waals surface area contributed by atoms with E-state index in [9.17, 15) is 14.9 Å². The molecule has 0 fully saturated rings. The molecule has 0 spiro atoms.